The lowest BCUT2D eigenvalue weighted by atomic mass is 10.1. The fourth-order valence-electron chi connectivity index (χ4n) is 2.02. The molecule has 0 atom stereocenters. The second-order valence-electron chi connectivity index (χ2n) is 4.00. The van der Waals surface area contributed by atoms with E-state index in [1.54, 1.807) is 11.6 Å². The van der Waals surface area contributed by atoms with Crippen molar-refractivity contribution in [2.75, 3.05) is 25.6 Å². The van der Waals surface area contributed by atoms with Crippen molar-refractivity contribution < 1.29 is 14.6 Å². The van der Waals surface area contributed by atoms with Gasteiger partial charge in [-0.05, 0) is 12.0 Å². The molecule has 2 rings (SSSR count). The van der Waals surface area contributed by atoms with Gasteiger partial charge in [0.25, 0.3) is 0 Å². The summed E-state index contributed by atoms with van der Waals surface area (Å²) >= 11 is 0. The number of nitrogens with zero attached hydrogens (tertiary/aromatic N) is 3. The number of rotatable bonds is 6. The topological polar surface area (TPSA) is 88.8 Å². The van der Waals surface area contributed by atoms with Crippen LogP contribution in [0.2, 0.25) is 0 Å². The molecule has 7 nitrogen and oxygen atoms in total. The normalized spacial score (nSPS) is 10.8. The molecule has 2 heterocycles. The average Bonchev–Trinajstić information content (AvgIpc) is 2.78. The van der Waals surface area contributed by atoms with Gasteiger partial charge in [0.1, 0.15) is 11.8 Å². The van der Waals surface area contributed by atoms with E-state index < -0.39 is 5.97 Å². The lowest BCUT2D eigenvalue weighted by Gasteiger charge is -2.07. The van der Waals surface area contributed by atoms with E-state index in [9.17, 15) is 9.90 Å². The van der Waals surface area contributed by atoms with Gasteiger partial charge in [-0.1, -0.05) is 6.92 Å². The molecule has 0 aliphatic rings. The van der Waals surface area contributed by atoms with E-state index in [0.29, 0.717) is 30.9 Å². The highest BCUT2D eigenvalue weighted by molar-refractivity contribution is 5.94. The summed E-state index contributed by atoms with van der Waals surface area (Å²) in [5, 5.41) is 16.4. The van der Waals surface area contributed by atoms with E-state index in [2.05, 4.69) is 15.4 Å². The Labute approximate surface area is 110 Å². The van der Waals surface area contributed by atoms with E-state index in [4.69, 9.17) is 4.74 Å². The molecule has 2 aromatic rings. The third-order valence-electron chi connectivity index (χ3n) is 2.86. The van der Waals surface area contributed by atoms with Gasteiger partial charge in [-0.15, -0.1) is 0 Å². The van der Waals surface area contributed by atoms with Gasteiger partial charge in [-0.3, -0.25) is 0 Å². The predicted molar refractivity (Wildman–Crippen MR) is 69.7 cm³/mol. The van der Waals surface area contributed by atoms with E-state index >= 15 is 0 Å². The molecule has 7 heteroatoms. The van der Waals surface area contributed by atoms with Crippen molar-refractivity contribution in [2.45, 2.75) is 13.3 Å². The van der Waals surface area contributed by atoms with Gasteiger partial charge in [-0.2, -0.15) is 5.10 Å². The molecular weight excluding hydrogens is 248 g/mol. The molecule has 0 saturated heterocycles. The molecule has 0 aromatic carbocycles. The number of carbonyl (C=O) groups is 1. The summed E-state index contributed by atoms with van der Waals surface area (Å²) in [6, 6.07) is 0. The molecule has 2 aromatic heterocycles. The minimum absolute atomic E-state index is 0.262. The fraction of sp³-hybridized carbons (Fsp3) is 0.417. The quantitative estimate of drug-likeness (QED) is 0.758. The first-order valence-corrected chi connectivity index (χ1v) is 6.00. The molecule has 0 bridgehead atoms. The standard InChI is InChI=1S/C12H16N4O3/c1-3-8-9(12(17)18)6-16-10(8)11(14-7-15-16)13-4-5-19-2/h6-7H,3-5H2,1-2H3,(H,17,18)(H,13,14,15). The number of ether oxygens (including phenoxy) is 1. The van der Waals surface area contributed by atoms with E-state index in [-0.39, 0.29) is 5.56 Å². The van der Waals surface area contributed by atoms with E-state index in [1.165, 1.54) is 12.5 Å². The highest BCUT2D eigenvalue weighted by Crippen LogP contribution is 2.23. The number of fused-ring (bicyclic) bond motifs is 1. The number of anilines is 1. The number of nitrogens with one attached hydrogen (secondary N) is 1. The summed E-state index contributed by atoms with van der Waals surface area (Å²) in [6.07, 6.45) is 3.51. The first-order chi connectivity index (χ1) is 9.19. The van der Waals surface area contributed by atoms with Crippen LogP contribution in [-0.2, 0) is 11.2 Å². The molecule has 2 N–H and O–H groups in total. The molecule has 102 valence electrons. The molecular formula is C12H16N4O3. The number of aromatic nitrogens is 3. The predicted octanol–water partition coefficient (Wildman–Crippen LogP) is 1.05. The van der Waals surface area contributed by atoms with Gasteiger partial charge in [0.05, 0.1) is 12.2 Å². The summed E-state index contributed by atoms with van der Waals surface area (Å²) in [5.41, 5.74) is 1.70. The Bertz CT molecular complexity index is 594. The maximum atomic E-state index is 11.2. The molecule has 0 unspecified atom stereocenters. The highest BCUT2D eigenvalue weighted by atomic mass is 16.5. The largest absolute Gasteiger partial charge is 0.478 e. The van der Waals surface area contributed by atoms with E-state index in [1.807, 2.05) is 6.92 Å². The van der Waals surface area contributed by atoms with Crippen molar-refractivity contribution in [3.05, 3.63) is 23.7 Å². The number of carboxylic acids is 1. The van der Waals surface area contributed by atoms with Crippen LogP contribution in [0.15, 0.2) is 12.5 Å². The first kappa shape index (κ1) is 13.3. The average molecular weight is 264 g/mol. The van der Waals surface area contributed by atoms with Crippen molar-refractivity contribution in [3.8, 4) is 0 Å². The van der Waals surface area contributed by atoms with Crippen molar-refractivity contribution >= 4 is 17.3 Å². The van der Waals surface area contributed by atoms with Crippen LogP contribution >= 0.6 is 0 Å². The molecule has 0 saturated carbocycles. The number of hydrogen-bond acceptors (Lipinski definition) is 5. The van der Waals surface area contributed by atoms with Gasteiger partial charge in [-0.25, -0.2) is 14.3 Å². The van der Waals surface area contributed by atoms with Gasteiger partial charge < -0.3 is 15.2 Å². The van der Waals surface area contributed by atoms with Crippen LogP contribution in [0.25, 0.3) is 5.52 Å². The minimum Gasteiger partial charge on any atom is -0.478 e. The summed E-state index contributed by atoms with van der Waals surface area (Å²) < 4.78 is 6.51. The molecule has 0 spiro atoms. The Kier molecular flexibility index (Phi) is 3.96. The third kappa shape index (κ3) is 2.50. The zero-order valence-corrected chi connectivity index (χ0v) is 10.9. The SMILES string of the molecule is CCc1c(C(=O)O)cn2ncnc(NCCOC)c12. The van der Waals surface area contributed by atoms with E-state index in [0.717, 1.165) is 5.56 Å². The number of hydrogen-bond donors (Lipinski definition) is 2. The molecule has 0 radical (unpaired) electrons. The fourth-order valence-corrected chi connectivity index (χ4v) is 2.02. The monoisotopic (exact) mass is 264 g/mol. The Balaban J connectivity index is 2.49. The van der Waals surface area contributed by atoms with Crippen LogP contribution in [0.3, 0.4) is 0 Å². The molecule has 0 amide bonds. The van der Waals surface area contributed by atoms with Gasteiger partial charge in [0, 0.05) is 19.9 Å². The van der Waals surface area contributed by atoms with Crippen LogP contribution in [-0.4, -0.2) is 45.9 Å². The van der Waals surface area contributed by atoms with Crippen LogP contribution in [0, 0.1) is 0 Å². The molecule has 0 aliphatic carbocycles. The summed E-state index contributed by atoms with van der Waals surface area (Å²) in [4.78, 5) is 15.4. The maximum Gasteiger partial charge on any atom is 0.337 e. The van der Waals surface area contributed by atoms with Gasteiger partial charge >= 0.3 is 5.97 Å². The zero-order chi connectivity index (χ0) is 13.8. The van der Waals surface area contributed by atoms with Crippen LogP contribution in [0.5, 0.6) is 0 Å². The first-order valence-electron chi connectivity index (χ1n) is 6.00. The number of methoxy groups -OCH3 is 1. The van der Waals surface area contributed by atoms with Crippen LogP contribution in [0.1, 0.15) is 22.8 Å². The molecule has 0 aliphatic heterocycles. The second kappa shape index (κ2) is 5.66. The van der Waals surface area contributed by atoms with Crippen molar-refractivity contribution in [1.29, 1.82) is 0 Å². The Morgan fingerprint density at radius 3 is 3.00 bits per heavy atom. The number of aryl methyl sites for hydroxylation is 1. The highest BCUT2D eigenvalue weighted by Gasteiger charge is 2.18. The Morgan fingerprint density at radius 1 is 1.58 bits per heavy atom. The van der Waals surface area contributed by atoms with Crippen molar-refractivity contribution in [2.24, 2.45) is 0 Å². The maximum absolute atomic E-state index is 11.2. The Morgan fingerprint density at radius 2 is 2.37 bits per heavy atom. The Hall–Kier alpha value is -2.15. The van der Waals surface area contributed by atoms with Crippen molar-refractivity contribution in [1.82, 2.24) is 14.6 Å². The van der Waals surface area contributed by atoms with Gasteiger partial charge in [0.2, 0.25) is 0 Å². The summed E-state index contributed by atoms with van der Waals surface area (Å²) in [5.74, 6) is -0.332. The lowest BCUT2D eigenvalue weighted by molar-refractivity contribution is 0.0696. The van der Waals surface area contributed by atoms with Crippen LogP contribution in [0.4, 0.5) is 5.82 Å². The summed E-state index contributed by atoms with van der Waals surface area (Å²) in [7, 11) is 1.62. The molecule has 0 fully saturated rings. The summed E-state index contributed by atoms with van der Waals surface area (Å²) in [6.45, 7) is 3.05. The van der Waals surface area contributed by atoms with Gasteiger partial charge in [0.15, 0.2) is 5.82 Å². The number of carboxylic acid groups (broad SMARTS) is 1. The smallest absolute Gasteiger partial charge is 0.337 e. The van der Waals surface area contributed by atoms with Crippen LogP contribution < -0.4 is 5.32 Å². The minimum atomic E-state index is -0.954. The molecule has 19 heavy (non-hydrogen) atoms. The second-order valence-corrected chi connectivity index (χ2v) is 4.00. The number of aromatic carboxylic acids is 1. The van der Waals surface area contributed by atoms with Crippen molar-refractivity contribution in [3.63, 3.8) is 0 Å². The third-order valence-corrected chi connectivity index (χ3v) is 2.86. The zero-order valence-electron chi connectivity index (χ0n) is 10.9. The lowest BCUT2D eigenvalue weighted by Crippen LogP contribution is -2.10.